The molecular formula is C20H24N4O4S. The second-order valence-electron chi connectivity index (χ2n) is 7.21. The normalized spacial score (nSPS) is 18.1. The molecule has 1 atom stereocenters. The van der Waals surface area contributed by atoms with E-state index < -0.39 is 9.84 Å². The van der Waals surface area contributed by atoms with Gasteiger partial charge in [-0.25, -0.2) is 13.4 Å². The quantitative estimate of drug-likeness (QED) is 0.635. The summed E-state index contributed by atoms with van der Waals surface area (Å²) in [6, 6.07) is 5.47. The van der Waals surface area contributed by atoms with Crippen molar-refractivity contribution in [2.24, 2.45) is 0 Å². The van der Waals surface area contributed by atoms with Crippen LogP contribution >= 0.6 is 0 Å². The van der Waals surface area contributed by atoms with Crippen LogP contribution in [0.1, 0.15) is 23.9 Å². The van der Waals surface area contributed by atoms with Crippen molar-refractivity contribution in [3.63, 3.8) is 0 Å². The van der Waals surface area contributed by atoms with Gasteiger partial charge in [-0.1, -0.05) is 0 Å². The number of methoxy groups -OCH3 is 2. The summed E-state index contributed by atoms with van der Waals surface area (Å²) in [7, 11) is 0.230. The first-order chi connectivity index (χ1) is 13.8. The van der Waals surface area contributed by atoms with Gasteiger partial charge < -0.3 is 9.47 Å². The second kappa shape index (κ2) is 7.22. The molecule has 0 saturated carbocycles. The van der Waals surface area contributed by atoms with Crippen molar-refractivity contribution in [3.05, 3.63) is 42.0 Å². The zero-order valence-corrected chi connectivity index (χ0v) is 17.7. The topological polar surface area (TPSA) is 88.2 Å². The van der Waals surface area contributed by atoms with Crippen LogP contribution in [0.4, 0.5) is 0 Å². The van der Waals surface area contributed by atoms with Crippen LogP contribution in [-0.2, 0) is 9.84 Å². The van der Waals surface area contributed by atoms with Gasteiger partial charge in [-0.2, -0.15) is 5.10 Å². The van der Waals surface area contributed by atoms with Gasteiger partial charge in [-0.15, -0.1) is 0 Å². The van der Waals surface area contributed by atoms with Gasteiger partial charge >= 0.3 is 0 Å². The zero-order valence-electron chi connectivity index (χ0n) is 16.9. The standard InChI is InChI=1S/C20H24N4O4S/c1-13-19(14(2)24(22-13)15-7-10-29(25,26)12-15)23-9-8-21-20(23)17-6-5-16(27-3)11-18(17)28-4/h5-6,8-9,11,15H,7,10,12H2,1-4H3. The molecule has 2 aromatic heterocycles. The molecular weight excluding hydrogens is 392 g/mol. The number of nitrogens with zero attached hydrogens (tertiary/aromatic N) is 4. The molecule has 0 amide bonds. The third kappa shape index (κ3) is 3.39. The lowest BCUT2D eigenvalue weighted by Gasteiger charge is -2.14. The number of hydrogen-bond acceptors (Lipinski definition) is 6. The van der Waals surface area contributed by atoms with Gasteiger partial charge in [0.25, 0.3) is 0 Å². The molecule has 0 N–H and O–H groups in total. The van der Waals surface area contributed by atoms with Gasteiger partial charge in [0.15, 0.2) is 9.84 Å². The van der Waals surface area contributed by atoms with E-state index in [0.29, 0.717) is 23.7 Å². The van der Waals surface area contributed by atoms with E-state index in [1.165, 1.54) is 0 Å². The van der Waals surface area contributed by atoms with E-state index in [2.05, 4.69) is 10.1 Å². The van der Waals surface area contributed by atoms with Crippen molar-refractivity contribution in [1.82, 2.24) is 19.3 Å². The van der Waals surface area contributed by atoms with E-state index >= 15 is 0 Å². The molecule has 3 heterocycles. The van der Waals surface area contributed by atoms with Crippen LogP contribution in [0, 0.1) is 13.8 Å². The Kier molecular flexibility index (Phi) is 4.85. The van der Waals surface area contributed by atoms with Crippen LogP contribution in [-0.4, -0.2) is 53.5 Å². The number of sulfone groups is 1. The Bertz CT molecular complexity index is 1160. The lowest BCUT2D eigenvalue weighted by Crippen LogP contribution is -2.14. The van der Waals surface area contributed by atoms with Crippen LogP contribution in [0.15, 0.2) is 30.6 Å². The predicted octanol–water partition coefficient (Wildman–Crippen LogP) is 2.73. The number of benzene rings is 1. The van der Waals surface area contributed by atoms with Crippen molar-refractivity contribution in [1.29, 1.82) is 0 Å². The largest absolute Gasteiger partial charge is 0.497 e. The van der Waals surface area contributed by atoms with Gasteiger partial charge in [0.05, 0.1) is 54.4 Å². The Hall–Kier alpha value is -2.81. The van der Waals surface area contributed by atoms with Crippen LogP contribution in [0.25, 0.3) is 17.1 Å². The highest BCUT2D eigenvalue weighted by Crippen LogP contribution is 2.35. The summed E-state index contributed by atoms with van der Waals surface area (Å²) >= 11 is 0. The fraction of sp³-hybridized carbons (Fsp3) is 0.400. The molecule has 3 aromatic rings. The van der Waals surface area contributed by atoms with Crippen molar-refractivity contribution < 1.29 is 17.9 Å². The van der Waals surface area contributed by atoms with Crippen molar-refractivity contribution >= 4 is 9.84 Å². The zero-order chi connectivity index (χ0) is 20.8. The SMILES string of the molecule is COc1ccc(-c2nccn2-c2c(C)nn(C3CCS(=O)(=O)C3)c2C)c(OC)c1. The first-order valence-electron chi connectivity index (χ1n) is 9.37. The van der Waals surface area contributed by atoms with E-state index in [1.807, 2.05) is 47.5 Å². The molecule has 1 unspecified atom stereocenters. The molecule has 1 aromatic carbocycles. The molecule has 0 bridgehead atoms. The lowest BCUT2D eigenvalue weighted by atomic mass is 10.1. The monoisotopic (exact) mass is 416 g/mol. The predicted molar refractivity (Wildman–Crippen MR) is 110 cm³/mol. The van der Waals surface area contributed by atoms with Crippen LogP contribution < -0.4 is 9.47 Å². The van der Waals surface area contributed by atoms with Gasteiger partial charge in [0, 0.05) is 18.5 Å². The minimum Gasteiger partial charge on any atom is -0.497 e. The molecule has 1 fully saturated rings. The number of ether oxygens (including phenoxy) is 2. The summed E-state index contributed by atoms with van der Waals surface area (Å²) in [6.45, 7) is 3.90. The van der Waals surface area contributed by atoms with Crippen LogP contribution in [0.2, 0.25) is 0 Å². The van der Waals surface area contributed by atoms with E-state index in [1.54, 1.807) is 20.4 Å². The maximum atomic E-state index is 11.9. The fourth-order valence-corrected chi connectivity index (χ4v) is 5.69. The van der Waals surface area contributed by atoms with E-state index in [0.717, 1.165) is 22.6 Å². The summed E-state index contributed by atoms with van der Waals surface area (Å²) in [5.41, 5.74) is 3.46. The molecule has 154 valence electrons. The fourth-order valence-electron chi connectivity index (χ4n) is 3.99. The summed E-state index contributed by atoms with van der Waals surface area (Å²) in [6.07, 6.45) is 4.20. The smallest absolute Gasteiger partial charge is 0.152 e. The molecule has 1 saturated heterocycles. The maximum Gasteiger partial charge on any atom is 0.152 e. The Labute approximate surface area is 170 Å². The number of aromatic nitrogens is 4. The van der Waals surface area contributed by atoms with Crippen molar-refractivity contribution in [2.45, 2.75) is 26.3 Å². The summed E-state index contributed by atoms with van der Waals surface area (Å²) in [5, 5.41) is 4.67. The second-order valence-corrected chi connectivity index (χ2v) is 9.44. The maximum absolute atomic E-state index is 11.9. The number of aryl methyl sites for hydroxylation is 1. The number of rotatable bonds is 5. The molecule has 4 rings (SSSR count). The van der Waals surface area contributed by atoms with E-state index in [4.69, 9.17) is 9.47 Å². The van der Waals surface area contributed by atoms with Crippen molar-refractivity contribution in [3.8, 4) is 28.6 Å². The Morgan fingerprint density at radius 3 is 2.62 bits per heavy atom. The first kappa shape index (κ1) is 19.5. The molecule has 9 heteroatoms. The third-order valence-corrected chi connectivity index (χ3v) is 7.12. The highest BCUT2D eigenvalue weighted by atomic mass is 32.2. The molecule has 29 heavy (non-hydrogen) atoms. The summed E-state index contributed by atoms with van der Waals surface area (Å²) in [5.74, 6) is 2.42. The number of imidazole rings is 1. The molecule has 0 spiro atoms. The molecule has 0 radical (unpaired) electrons. The Morgan fingerprint density at radius 1 is 1.17 bits per heavy atom. The Morgan fingerprint density at radius 2 is 1.97 bits per heavy atom. The third-order valence-electron chi connectivity index (χ3n) is 5.37. The van der Waals surface area contributed by atoms with Gasteiger partial charge in [-0.05, 0) is 32.4 Å². The molecule has 8 nitrogen and oxygen atoms in total. The number of hydrogen-bond donors (Lipinski definition) is 0. The first-order valence-corrected chi connectivity index (χ1v) is 11.2. The van der Waals surface area contributed by atoms with E-state index in [9.17, 15) is 8.42 Å². The molecule has 0 aliphatic carbocycles. The van der Waals surface area contributed by atoms with E-state index in [-0.39, 0.29) is 17.5 Å². The lowest BCUT2D eigenvalue weighted by molar-refractivity contribution is 0.395. The van der Waals surface area contributed by atoms with Crippen LogP contribution in [0.5, 0.6) is 11.5 Å². The van der Waals surface area contributed by atoms with Crippen LogP contribution in [0.3, 0.4) is 0 Å². The van der Waals surface area contributed by atoms with Gasteiger partial charge in [-0.3, -0.25) is 9.25 Å². The molecule has 1 aliphatic heterocycles. The van der Waals surface area contributed by atoms with Gasteiger partial charge in [0.2, 0.25) is 0 Å². The highest BCUT2D eigenvalue weighted by molar-refractivity contribution is 7.91. The highest BCUT2D eigenvalue weighted by Gasteiger charge is 2.32. The summed E-state index contributed by atoms with van der Waals surface area (Å²) in [4.78, 5) is 4.55. The molecule has 1 aliphatic rings. The Balaban J connectivity index is 1.80. The minimum absolute atomic E-state index is 0.130. The average molecular weight is 417 g/mol. The van der Waals surface area contributed by atoms with Crippen molar-refractivity contribution in [2.75, 3.05) is 25.7 Å². The minimum atomic E-state index is -2.99. The summed E-state index contributed by atoms with van der Waals surface area (Å²) < 4.78 is 38.5. The van der Waals surface area contributed by atoms with Gasteiger partial charge in [0.1, 0.15) is 17.3 Å². The average Bonchev–Trinajstić information content (AvgIpc) is 3.38.